The van der Waals surface area contributed by atoms with E-state index in [1.54, 1.807) is 17.7 Å². The summed E-state index contributed by atoms with van der Waals surface area (Å²) < 4.78 is 5.59. The first kappa shape index (κ1) is 19.2. The van der Waals surface area contributed by atoms with Crippen molar-refractivity contribution in [3.63, 3.8) is 0 Å². The number of hydrogen-bond acceptors (Lipinski definition) is 6. The van der Waals surface area contributed by atoms with Crippen LogP contribution in [0.2, 0.25) is 0 Å². The van der Waals surface area contributed by atoms with Crippen LogP contribution in [0.5, 0.6) is 5.75 Å². The van der Waals surface area contributed by atoms with Gasteiger partial charge in [-0.25, -0.2) is 9.97 Å². The molecule has 0 aliphatic heterocycles. The number of rotatable bonds is 6. The Kier molecular flexibility index (Phi) is 5.36. The third-order valence-corrected chi connectivity index (χ3v) is 5.78. The van der Waals surface area contributed by atoms with Crippen LogP contribution in [-0.4, -0.2) is 30.7 Å². The lowest BCUT2D eigenvalue weighted by Gasteiger charge is -2.14. The Morgan fingerprint density at radius 3 is 2.38 bits per heavy atom. The Labute approximate surface area is 175 Å². The number of thiophene rings is 1. The molecule has 0 spiro atoms. The largest absolute Gasteiger partial charge is 0.494 e. The molecule has 29 heavy (non-hydrogen) atoms. The first-order chi connectivity index (χ1) is 14.1. The van der Waals surface area contributed by atoms with E-state index < -0.39 is 0 Å². The van der Waals surface area contributed by atoms with Gasteiger partial charge in [0, 0.05) is 35.9 Å². The van der Waals surface area contributed by atoms with Crippen molar-refractivity contribution in [2.45, 2.75) is 13.8 Å². The summed E-state index contributed by atoms with van der Waals surface area (Å²) in [6, 6.07) is 16.5. The van der Waals surface area contributed by atoms with Gasteiger partial charge >= 0.3 is 0 Å². The van der Waals surface area contributed by atoms with Gasteiger partial charge in [-0.15, -0.1) is 11.3 Å². The highest BCUT2D eigenvalue weighted by Crippen LogP contribution is 2.41. The fraction of sp³-hybridized carbons (Fsp3) is 0.217. The molecular weight excluding hydrogens is 380 g/mol. The van der Waals surface area contributed by atoms with E-state index in [2.05, 4.69) is 63.5 Å². The zero-order chi connectivity index (χ0) is 20.4. The van der Waals surface area contributed by atoms with Crippen molar-refractivity contribution in [3.8, 4) is 16.9 Å². The van der Waals surface area contributed by atoms with E-state index >= 15 is 0 Å². The van der Waals surface area contributed by atoms with Crippen molar-refractivity contribution in [1.29, 1.82) is 0 Å². The van der Waals surface area contributed by atoms with Crippen molar-refractivity contribution in [1.82, 2.24) is 9.97 Å². The highest BCUT2D eigenvalue weighted by atomic mass is 32.1. The number of nitrogens with zero attached hydrogens (tertiary/aromatic N) is 3. The monoisotopic (exact) mass is 404 g/mol. The molecule has 0 unspecified atom stereocenters. The minimum Gasteiger partial charge on any atom is -0.494 e. The van der Waals surface area contributed by atoms with Gasteiger partial charge in [0.25, 0.3) is 0 Å². The van der Waals surface area contributed by atoms with Gasteiger partial charge in [0.2, 0.25) is 0 Å². The van der Waals surface area contributed by atoms with Crippen molar-refractivity contribution in [3.05, 3.63) is 59.7 Å². The molecule has 2 heterocycles. The van der Waals surface area contributed by atoms with Gasteiger partial charge in [-0.1, -0.05) is 12.1 Å². The summed E-state index contributed by atoms with van der Waals surface area (Å²) in [7, 11) is 4.07. The smallest absolute Gasteiger partial charge is 0.143 e. The second-order valence-corrected chi connectivity index (χ2v) is 8.16. The van der Waals surface area contributed by atoms with E-state index in [0.717, 1.165) is 38.7 Å². The molecule has 148 valence electrons. The van der Waals surface area contributed by atoms with Gasteiger partial charge < -0.3 is 15.0 Å². The molecule has 6 heteroatoms. The zero-order valence-electron chi connectivity index (χ0n) is 17.1. The number of ether oxygens (including phenoxy) is 1. The number of nitrogens with one attached hydrogen (secondary N) is 1. The molecule has 0 saturated heterocycles. The quantitative estimate of drug-likeness (QED) is 0.435. The Morgan fingerprint density at radius 2 is 1.72 bits per heavy atom. The molecule has 2 aromatic carbocycles. The normalized spacial score (nSPS) is 10.9. The molecule has 0 amide bonds. The first-order valence-corrected chi connectivity index (χ1v) is 10.4. The summed E-state index contributed by atoms with van der Waals surface area (Å²) in [6.07, 6.45) is 1.62. The number of aryl methyl sites for hydroxylation is 1. The number of fused-ring (bicyclic) bond motifs is 1. The van der Waals surface area contributed by atoms with Crippen LogP contribution in [0.25, 0.3) is 21.3 Å². The van der Waals surface area contributed by atoms with Crippen LogP contribution in [0.1, 0.15) is 11.8 Å². The molecule has 0 radical (unpaired) electrons. The van der Waals surface area contributed by atoms with Gasteiger partial charge in [-0.05, 0) is 55.8 Å². The standard InChI is InChI=1S/C23H24N4OS/c1-5-28-19-12-6-16(7-13-19)20-15(2)29-23-21(20)22(24-14-25-23)26-17-8-10-18(11-9-17)27(3)4/h6-14H,5H2,1-4H3,(H,24,25,26). The number of anilines is 3. The van der Waals surface area contributed by atoms with E-state index in [4.69, 9.17) is 4.74 Å². The predicted molar refractivity (Wildman–Crippen MR) is 123 cm³/mol. The van der Waals surface area contributed by atoms with Crippen LogP contribution in [0.4, 0.5) is 17.2 Å². The van der Waals surface area contributed by atoms with E-state index in [0.29, 0.717) is 6.61 Å². The summed E-state index contributed by atoms with van der Waals surface area (Å²) in [5.41, 5.74) is 4.46. The molecule has 0 aliphatic rings. The predicted octanol–water partition coefficient (Wildman–Crippen LogP) is 5.88. The SMILES string of the molecule is CCOc1ccc(-c2c(C)sc3ncnc(Nc4ccc(N(C)C)cc4)c23)cc1. The molecule has 0 aliphatic carbocycles. The summed E-state index contributed by atoms with van der Waals surface area (Å²) in [5, 5.41) is 4.53. The topological polar surface area (TPSA) is 50.3 Å². The highest BCUT2D eigenvalue weighted by molar-refractivity contribution is 7.19. The van der Waals surface area contributed by atoms with Crippen molar-refractivity contribution >= 4 is 38.7 Å². The average molecular weight is 405 g/mol. The maximum absolute atomic E-state index is 5.59. The Balaban J connectivity index is 1.75. The summed E-state index contributed by atoms with van der Waals surface area (Å²) in [5.74, 6) is 1.70. The molecule has 0 fully saturated rings. The van der Waals surface area contributed by atoms with Crippen LogP contribution < -0.4 is 15.0 Å². The summed E-state index contributed by atoms with van der Waals surface area (Å²) in [4.78, 5) is 13.3. The van der Waals surface area contributed by atoms with Gasteiger partial charge in [-0.2, -0.15) is 0 Å². The van der Waals surface area contributed by atoms with E-state index in [-0.39, 0.29) is 0 Å². The van der Waals surface area contributed by atoms with Gasteiger partial charge in [0.15, 0.2) is 0 Å². The summed E-state index contributed by atoms with van der Waals surface area (Å²) in [6.45, 7) is 4.78. The van der Waals surface area contributed by atoms with Crippen molar-refractivity contribution < 1.29 is 4.74 Å². The third kappa shape index (κ3) is 3.89. The average Bonchev–Trinajstić information content (AvgIpc) is 3.06. The zero-order valence-corrected chi connectivity index (χ0v) is 17.9. The molecule has 0 saturated carbocycles. The fourth-order valence-corrected chi connectivity index (χ4v) is 4.36. The molecule has 4 aromatic rings. The van der Waals surface area contributed by atoms with E-state index in [1.807, 2.05) is 33.2 Å². The lowest BCUT2D eigenvalue weighted by Crippen LogP contribution is -2.08. The number of benzene rings is 2. The maximum atomic E-state index is 5.59. The van der Waals surface area contributed by atoms with Gasteiger partial charge in [-0.3, -0.25) is 0 Å². The molecule has 1 N–H and O–H groups in total. The Bertz CT molecular complexity index is 1120. The first-order valence-electron chi connectivity index (χ1n) is 9.58. The third-order valence-electron chi connectivity index (χ3n) is 4.76. The molecule has 0 atom stereocenters. The second kappa shape index (κ2) is 8.09. The summed E-state index contributed by atoms with van der Waals surface area (Å²) >= 11 is 1.69. The van der Waals surface area contributed by atoms with Crippen LogP contribution in [0, 0.1) is 6.92 Å². The lowest BCUT2D eigenvalue weighted by atomic mass is 10.0. The molecule has 2 aromatic heterocycles. The van der Waals surface area contributed by atoms with Crippen LogP contribution in [0.15, 0.2) is 54.9 Å². The van der Waals surface area contributed by atoms with Crippen molar-refractivity contribution in [2.75, 3.05) is 30.9 Å². The Morgan fingerprint density at radius 1 is 1.00 bits per heavy atom. The number of hydrogen-bond donors (Lipinski definition) is 1. The van der Waals surface area contributed by atoms with Crippen LogP contribution in [0.3, 0.4) is 0 Å². The highest BCUT2D eigenvalue weighted by Gasteiger charge is 2.17. The van der Waals surface area contributed by atoms with E-state index in [1.165, 1.54) is 10.4 Å². The van der Waals surface area contributed by atoms with Gasteiger partial charge in [0.1, 0.15) is 22.7 Å². The fourth-order valence-electron chi connectivity index (χ4n) is 3.35. The van der Waals surface area contributed by atoms with Crippen LogP contribution >= 0.6 is 11.3 Å². The minimum atomic E-state index is 0.661. The van der Waals surface area contributed by atoms with E-state index in [9.17, 15) is 0 Å². The van der Waals surface area contributed by atoms with Crippen molar-refractivity contribution in [2.24, 2.45) is 0 Å². The molecule has 0 bridgehead atoms. The number of aromatic nitrogens is 2. The minimum absolute atomic E-state index is 0.661. The van der Waals surface area contributed by atoms with Crippen LogP contribution in [-0.2, 0) is 0 Å². The maximum Gasteiger partial charge on any atom is 0.143 e. The molecule has 4 rings (SSSR count). The molecule has 5 nitrogen and oxygen atoms in total. The lowest BCUT2D eigenvalue weighted by molar-refractivity contribution is 0.340. The Hall–Kier alpha value is -3.12. The second-order valence-electron chi connectivity index (χ2n) is 6.96. The van der Waals surface area contributed by atoms with Gasteiger partial charge in [0.05, 0.1) is 12.0 Å². The molecular formula is C23H24N4OS.